The van der Waals surface area contributed by atoms with Crippen molar-refractivity contribution in [1.82, 2.24) is 0 Å². The summed E-state index contributed by atoms with van der Waals surface area (Å²) in [6.45, 7) is 12.6. The van der Waals surface area contributed by atoms with Gasteiger partial charge in [-0.1, -0.05) is 23.8 Å². The molecule has 0 aliphatic carbocycles. The number of allylic oxidation sites excluding steroid dienone is 2. The van der Waals surface area contributed by atoms with Crippen LogP contribution in [0.5, 0.6) is 0 Å². The van der Waals surface area contributed by atoms with Crippen LogP contribution in [-0.2, 0) is 9.53 Å². The number of aliphatic hydroxyl groups is 2. The highest BCUT2D eigenvalue weighted by Gasteiger charge is 2.44. The van der Waals surface area contributed by atoms with Crippen LogP contribution in [0.25, 0.3) is 0 Å². The smallest absolute Gasteiger partial charge is 0.158 e. The lowest BCUT2D eigenvalue weighted by Crippen LogP contribution is -2.42. The minimum atomic E-state index is -1.19. The zero-order chi connectivity index (χ0) is 18.6. The molecule has 1 saturated heterocycles. The van der Waals surface area contributed by atoms with Crippen molar-refractivity contribution >= 4 is 5.78 Å². The number of hydrogen-bond acceptors (Lipinski definition) is 4. The van der Waals surface area contributed by atoms with Crippen LogP contribution in [0.3, 0.4) is 0 Å². The Labute approximate surface area is 145 Å². The molecule has 4 heteroatoms. The highest BCUT2D eigenvalue weighted by Crippen LogP contribution is 2.37. The van der Waals surface area contributed by atoms with Crippen molar-refractivity contribution < 1.29 is 19.7 Å². The molecule has 1 heterocycles. The maximum Gasteiger partial charge on any atom is 0.158 e. The summed E-state index contributed by atoms with van der Waals surface area (Å²) < 4.78 is 6.05. The molecule has 0 amide bonds. The molecule has 0 aromatic rings. The van der Waals surface area contributed by atoms with E-state index < -0.39 is 16.8 Å². The second-order valence-electron chi connectivity index (χ2n) is 7.85. The highest BCUT2D eigenvalue weighted by atomic mass is 16.5. The first-order chi connectivity index (χ1) is 10.9. The van der Waals surface area contributed by atoms with Crippen molar-refractivity contribution in [3.63, 3.8) is 0 Å². The van der Waals surface area contributed by atoms with Crippen molar-refractivity contribution in [2.45, 2.75) is 83.2 Å². The van der Waals surface area contributed by atoms with E-state index in [0.29, 0.717) is 12.8 Å². The van der Waals surface area contributed by atoms with E-state index in [-0.39, 0.29) is 18.3 Å². The number of carbonyl (C=O) groups excluding carboxylic acids is 1. The lowest BCUT2D eigenvalue weighted by Gasteiger charge is -2.31. The van der Waals surface area contributed by atoms with E-state index in [9.17, 15) is 15.0 Å². The molecule has 0 radical (unpaired) electrons. The van der Waals surface area contributed by atoms with Crippen molar-refractivity contribution in [3.05, 3.63) is 36.5 Å². The standard InChI is InChI=1S/C20H32O4/c1-7-18(4,22)10-8-11-19(5)12-9-17(24-19)20(6,23)14-16(21)13-15(2)3/h7-8,11,13,17,22-23H,1,9-10,12,14H2,2-6H3/b11-8+/t17-,18-,19-,20-/m0/s1. The first-order valence-corrected chi connectivity index (χ1v) is 8.51. The fourth-order valence-electron chi connectivity index (χ4n) is 2.89. The zero-order valence-electron chi connectivity index (χ0n) is 15.6. The molecule has 0 unspecified atom stereocenters. The van der Waals surface area contributed by atoms with E-state index in [2.05, 4.69) is 6.58 Å². The second-order valence-corrected chi connectivity index (χ2v) is 7.85. The zero-order valence-corrected chi connectivity index (χ0v) is 15.6. The minimum absolute atomic E-state index is 0.0494. The molecule has 0 aromatic heterocycles. The maximum absolute atomic E-state index is 12.0. The minimum Gasteiger partial charge on any atom is -0.387 e. The number of ether oxygens (including phenoxy) is 1. The summed E-state index contributed by atoms with van der Waals surface area (Å²) in [5.41, 5.74) is -1.70. The molecule has 1 fully saturated rings. The van der Waals surface area contributed by atoms with Gasteiger partial charge in [-0.05, 0) is 60.0 Å². The van der Waals surface area contributed by atoms with Gasteiger partial charge in [-0.3, -0.25) is 4.79 Å². The van der Waals surface area contributed by atoms with Gasteiger partial charge >= 0.3 is 0 Å². The van der Waals surface area contributed by atoms with E-state index >= 15 is 0 Å². The fraction of sp³-hybridized carbons (Fsp3) is 0.650. The SMILES string of the molecule is C=C[C@](C)(O)C/C=C/[C@@]1(C)CC[C@@H]([C@@](C)(O)CC(=O)C=C(C)C)O1. The Morgan fingerprint density at radius 2 is 2.00 bits per heavy atom. The average Bonchev–Trinajstić information content (AvgIpc) is 2.80. The van der Waals surface area contributed by atoms with Crippen LogP contribution in [-0.4, -0.2) is 38.9 Å². The third-order valence-corrected chi connectivity index (χ3v) is 4.43. The Bertz CT molecular complexity index is 524. The lowest BCUT2D eigenvalue weighted by atomic mass is 9.90. The molecular weight excluding hydrogens is 304 g/mol. The van der Waals surface area contributed by atoms with Crippen LogP contribution in [0.15, 0.2) is 36.5 Å². The van der Waals surface area contributed by atoms with E-state index in [4.69, 9.17) is 4.74 Å². The van der Waals surface area contributed by atoms with Crippen molar-refractivity contribution in [2.75, 3.05) is 0 Å². The van der Waals surface area contributed by atoms with Crippen LogP contribution in [0.2, 0.25) is 0 Å². The Morgan fingerprint density at radius 3 is 2.54 bits per heavy atom. The molecule has 1 aliphatic heterocycles. The van der Waals surface area contributed by atoms with Crippen molar-refractivity contribution in [2.24, 2.45) is 0 Å². The Kier molecular flexibility index (Phi) is 6.74. The molecule has 4 atom stereocenters. The topological polar surface area (TPSA) is 66.8 Å². The van der Waals surface area contributed by atoms with Crippen molar-refractivity contribution in [1.29, 1.82) is 0 Å². The van der Waals surface area contributed by atoms with Gasteiger partial charge in [0.15, 0.2) is 5.78 Å². The molecule has 2 N–H and O–H groups in total. The number of rotatable bonds is 8. The van der Waals surface area contributed by atoms with Crippen LogP contribution in [0, 0.1) is 0 Å². The van der Waals surface area contributed by atoms with Gasteiger partial charge < -0.3 is 14.9 Å². The third-order valence-electron chi connectivity index (χ3n) is 4.43. The van der Waals surface area contributed by atoms with Gasteiger partial charge in [0.2, 0.25) is 0 Å². The predicted octanol–water partition coefficient (Wildman–Crippen LogP) is 3.48. The normalized spacial score (nSPS) is 29.0. The summed E-state index contributed by atoms with van der Waals surface area (Å²) >= 11 is 0. The van der Waals surface area contributed by atoms with Gasteiger partial charge in [0.05, 0.1) is 22.9 Å². The van der Waals surface area contributed by atoms with Gasteiger partial charge in [0.25, 0.3) is 0 Å². The number of carbonyl (C=O) groups is 1. The highest BCUT2D eigenvalue weighted by molar-refractivity contribution is 5.90. The third kappa shape index (κ3) is 6.34. The summed E-state index contributed by atoms with van der Waals surface area (Å²) in [5.74, 6) is -0.0882. The molecule has 1 aliphatic rings. The molecule has 4 nitrogen and oxygen atoms in total. The van der Waals surface area contributed by atoms with E-state index in [1.165, 1.54) is 6.08 Å². The van der Waals surface area contributed by atoms with Gasteiger partial charge in [0, 0.05) is 6.42 Å². The Hall–Kier alpha value is -1.23. The maximum atomic E-state index is 12.0. The fourth-order valence-corrected chi connectivity index (χ4v) is 2.89. The van der Waals surface area contributed by atoms with Crippen LogP contribution in [0.4, 0.5) is 0 Å². The van der Waals surface area contributed by atoms with E-state index in [0.717, 1.165) is 12.0 Å². The first kappa shape index (κ1) is 20.8. The van der Waals surface area contributed by atoms with E-state index in [1.54, 1.807) is 19.9 Å². The second kappa shape index (κ2) is 7.77. The van der Waals surface area contributed by atoms with E-state index in [1.807, 2.05) is 32.9 Å². The number of ketones is 1. The van der Waals surface area contributed by atoms with Gasteiger partial charge in [-0.25, -0.2) is 0 Å². The van der Waals surface area contributed by atoms with Gasteiger partial charge in [-0.2, -0.15) is 0 Å². The molecule has 0 spiro atoms. The Morgan fingerprint density at radius 1 is 1.38 bits per heavy atom. The first-order valence-electron chi connectivity index (χ1n) is 8.51. The summed E-state index contributed by atoms with van der Waals surface area (Å²) in [7, 11) is 0. The van der Waals surface area contributed by atoms with Gasteiger partial charge in [0.1, 0.15) is 0 Å². The lowest BCUT2D eigenvalue weighted by molar-refractivity contribution is -0.134. The molecule has 0 aromatic carbocycles. The van der Waals surface area contributed by atoms with Crippen LogP contribution >= 0.6 is 0 Å². The van der Waals surface area contributed by atoms with Crippen molar-refractivity contribution in [3.8, 4) is 0 Å². The average molecular weight is 336 g/mol. The molecule has 0 bridgehead atoms. The summed E-state index contributed by atoms with van der Waals surface area (Å²) in [4.78, 5) is 12.0. The Balaban J connectivity index is 2.69. The largest absolute Gasteiger partial charge is 0.387 e. The predicted molar refractivity (Wildman–Crippen MR) is 96.8 cm³/mol. The van der Waals surface area contributed by atoms with Gasteiger partial charge in [-0.15, -0.1) is 6.58 Å². The van der Waals surface area contributed by atoms with Crippen LogP contribution in [0.1, 0.15) is 60.3 Å². The van der Waals surface area contributed by atoms with Crippen LogP contribution < -0.4 is 0 Å². The summed E-state index contributed by atoms with van der Waals surface area (Å²) in [6, 6.07) is 0. The number of hydrogen-bond donors (Lipinski definition) is 2. The monoisotopic (exact) mass is 336 g/mol. The summed E-state index contributed by atoms with van der Waals surface area (Å²) in [5, 5.41) is 20.6. The molecule has 24 heavy (non-hydrogen) atoms. The quantitative estimate of drug-likeness (QED) is 0.526. The molecule has 1 rings (SSSR count). The molecule has 136 valence electrons. The summed E-state index contributed by atoms with van der Waals surface area (Å²) in [6.07, 6.45) is 8.44. The molecule has 0 saturated carbocycles. The molecular formula is C20H32O4.